The molecule has 1 aromatic rings. The zero-order valence-corrected chi connectivity index (χ0v) is 11.3. The molecule has 5 heteroatoms. The standard InChI is InChI=1S/C14H19NO4/c1-4-7-15(10-14(16)17)9-11-5-6-12(18-2)13(8-11)19-3/h4-6,8H,1,7,9-10H2,2-3H3,(H,16,17). The first-order valence-corrected chi connectivity index (χ1v) is 5.96. The Hall–Kier alpha value is -2.01. The minimum atomic E-state index is -1.07. The van der Waals surface area contributed by atoms with E-state index in [4.69, 9.17) is 9.47 Å². The SMILES string of the molecule is C=CC[NH+](CC(=O)[O-])Cc1ccc(OC)c(OC)c1. The van der Waals surface area contributed by atoms with Gasteiger partial charge in [-0.1, -0.05) is 6.58 Å². The van der Waals surface area contributed by atoms with Gasteiger partial charge in [0.25, 0.3) is 0 Å². The van der Waals surface area contributed by atoms with Crippen LogP contribution in [0.4, 0.5) is 0 Å². The molecule has 0 fully saturated rings. The lowest BCUT2D eigenvalue weighted by Gasteiger charge is -2.19. The lowest BCUT2D eigenvalue weighted by molar-refractivity contribution is -0.902. The number of ether oxygens (including phenoxy) is 2. The fourth-order valence-electron chi connectivity index (χ4n) is 1.89. The Kier molecular flexibility index (Phi) is 5.89. The molecule has 1 atom stereocenters. The van der Waals surface area contributed by atoms with E-state index in [0.717, 1.165) is 10.5 Å². The van der Waals surface area contributed by atoms with Crippen LogP contribution in [0.1, 0.15) is 5.56 Å². The van der Waals surface area contributed by atoms with E-state index in [1.807, 2.05) is 12.1 Å². The third-order valence-electron chi connectivity index (χ3n) is 2.73. The maximum Gasteiger partial charge on any atom is 0.161 e. The molecule has 0 bridgehead atoms. The summed E-state index contributed by atoms with van der Waals surface area (Å²) in [5.41, 5.74) is 0.968. The first-order chi connectivity index (χ1) is 9.10. The summed E-state index contributed by atoms with van der Waals surface area (Å²) in [6, 6.07) is 5.54. The first-order valence-electron chi connectivity index (χ1n) is 5.96. The van der Waals surface area contributed by atoms with Crippen molar-refractivity contribution in [2.24, 2.45) is 0 Å². The molecule has 1 unspecified atom stereocenters. The summed E-state index contributed by atoms with van der Waals surface area (Å²) >= 11 is 0. The number of nitrogens with one attached hydrogen (secondary N) is 1. The maximum atomic E-state index is 10.7. The van der Waals surface area contributed by atoms with Gasteiger partial charge in [0, 0.05) is 5.56 Å². The van der Waals surface area contributed by atoms with Gasteiger partial charge in [0.15, 0.2) is 11.5 Å². The van der Waals surface area contributed by atoms with Crippen LogP contribution in [0.15, 0.2) is 30.9 Å². The number of hydrogen-bond donors (Lipinski definition) is 1. The summed E-state index contributed by atoms with van der Waals surface area (Å²) < 4.78 is 10.4. The van der Waals surface area contributed by atoms with Crippen molar-refractivity contribution in [2.45, 2.75) is 6.54 Å². The van der Waals surface area contributed by atoms with Crippen molar-refractivity contribution < 1.29 is 24.3 Å². The van der Waals surface area contributed by atoms with Gasteiger partial charge in [-0.25, -0.2) is 0 Å². The van der Waals surface area contributed by atoms with Crippen molar-refractivity contribution in [1.82, 2.24) is 0 Å². The second-order valence-corrected chi connectivity index (χ2v) is 4.16. The molecule has 0 heterocycles. The van der Waals surface area contributed by atoms with Crippen molar-refractivity contribution in [3.8, 4) is 11.5 Å². The van der Waals surface area contributed by atoms with E-state index in [-0.39, 0.29) is 6.54 Å². The normalized spacial score (nSPS) is 11.7. The monoisotopic (exact) mass is 265 g/mol. The number of carboxylic acids is 1. The number of benzene rings is 1. The van der Waals surface area contributed by atoms with Gasteiger partial charge in [-0.05, 0) is 24.3 Å². The maximum absolute atomic E-state index is 10.7. The average Bonchev–Trinajstić information content (AvgIpc) is 2.38. The molecule has 0 radical (unpaired) electrons. The largest absolute Gasteiger partial charge is 0.544 e. The van der Waals surface area contributed by atoms with Gasteiger partial charge in [0.1, 0.15) is 13.1 Å². The fourth-order valence-corrected chi connectivity index (χ4v) is 1.89. The third-order valence-corrected chi connectivity index (χ3v) is 2.73. The number of aliphatic carboxylic acids is 1. The van der Waals surface area contributed by atoms with Crippen LogP contribution in [-0.4, -0.2) is 33.3 Å². The van der Waals surface area contributed by atoms with Crippen molar-refractivity contribution in [2.75, 3.05) is 27.3 Å². The molecule has 0 spiro atoms. The fraction of sp³-hybridized carbons (Fsp3) is 0.357. The quantitative estimate of drug-likeness (QED) is 0.614. The van der Waals surface area contributed by atoms with Crippen LogP contribution in [0.25, 0.3) is 0 Å². The zero-order valence-electron chi connectivity index (χ0n) is 11.3. The van der Waals surface area contributed by atoms with Gasteiger partial charge in [-0.2, -0.15) is 0 Å². The second-order valence-electron chi connectivity index (χ2n) is 4.16. The molecule has 0 saturated carbocycles. The molecule has 1 aromatic carbocycles. The molecule has 0 aromatic heterocycles. The molecule has 0 saturated heterocycles. The summed E-state index contributed by atoms with van der Waals surface area (Å²) in [5.74, 6) is 0.208. The number of hydrogen-bond acceptors (Lipinski definition) is 4. The van der Waals surface area contributed by atoms with Crippen molar-refractivity contribution in [3.63, 3.8) is 0 Å². The lowest BCUT2D eigenvalue weighted by atomic mass is 10.2. The van der Waals surface area contributed by atoms with E-state index >= 15 is 0 Å². The summed E-state index contributed by atoms with van der Waals surface area (Å²) in [6.45, 7) is 4.69. The van der Waals surface area contributed by atoms with Crippen LogP contribution >= 0.6 is 0 Å². The number of methoxy groups -OCH3 is 2. The van der Waals surface area contributed by atoms with Crippen LogP contribution in [-0.2, 0) is 11.3 Å². The zero-order chi connectivity index (χ0) is 14.3. The molecule has 19 heavy (non-hydrogen) atoms. The highest BCUT2D eigenvalue weighted by Gasteiger charge is 2.11. The van der Waals surface area contributed by atoms with E-state index in [1.165, 1.54) is 0 Å². The van der Waals surface area contributed by atoms with Crippen LogP contribution in [0.5, 0.6) is 11.5 Å². The molecule has 104 valence electrons. The predicted octanol–water partition coefficient (Wildman–Crippen LogP) is -0.975. The van der Waals surface area contributed by atoms with E-state index < -0.39 is 5.97 Å². The molecule has 0 aliphatic heterocycles. The highest BCUT2D eigenvalue weighted by atomic mass is 16.5. The Morgan fingerprint density at radius 1 is 1.37 bits per heavy atom. The number of carbonyl (C=O) groups is 1. The summed E-state index contributed by atoms with van der Waals surface area (Å²) in [6.07, 6.45) is 1.69. The van der Waals surface area contributed by atoms with Crippen LogP contribution < -0.4 is 19.5 Å². The second kappa shape index (κ2) is 7.43. The number of quaternary nitrogens is 1. The van der Waals surface area contributed by atoms with Gasteiger partial charge in [0.2, 0.25) is 0 Å². The van der Waals surface area contributed by atoms with Gasteiger partial charge in [-0.15, -0.1) is 0 Å². The molecular weight excluding hydrogens is 246 g/mol. The van der Waals surface area contributed by atoms with E-state index in [9.17, 15) is 9.90 Å². The highest BCUT2D eigenvalue weighted by molar-refractivity contribution is 5.65. The summed E-state index contributed by atoms with van der Waals surface area (Å²) in [4.78, 5) is 11.5. The minimum absolute atomic E-state index is 0.0552. The van der Waals surface area contributed by atoms with Gasteiger partial charge < -0.3 is 24.3 Å². The number of rotatable bonds is 8. The Morgan fingerprint density at radius 3 is 2.58 bits per heavy atom. The minimum Gasteiger partial charge on any atom is -0.544 e. The molecule has 1 rings (SSSR count). The molecule has 0 amide bonds. The van der Waals surface area contributed by atoms with Crippen molar-refractivity contribution in [3.05, 3.63) is 36.4 Å². The molecular formula is C14H19NO4. The van der Waals surface area contributed by atoms with Gasteiger partial charge in [0.05, 0.1) is 26.7 Å². The molecule has 0 aliphatic rings. The topological polar surface area (TPSA) is 63.0 Å². The summed E-state index contributed by atoms with van der Waals surface area (Å²) in [5, 5.41) is 10.7. The third kappa shape index (κ3) is 4.63. The van der Waals surface area contributed by atoms with Crippen LogP contribution in [0.2, 0.25) is 0 Å². The van der Waals surface area contributed by atoms with E-state index in [1.54, 1.807) is 26.4 Å². The highest BCUT2D eigenvalue weighted by Crippen LogP contribution is 2.27. The number of carboxylic acid groups (broad SMARTS) is 1. The Bertz CT molecular complexity index is 445. The molecule has 0 aliphatic carbocycles. The van der Waals surface area contributed by atoms with Gasteiger partial charge in [-0.3, -0.25) is 0 Å². The Labute approximate surface area is 113 Å². The summed E-state index contributed by atoms with van der Waals surface area (Å²) in [7, 11) is 3.14. The number of carbonyl (C=O) groups excluding carboxylic acids is 1. The Morgan fingerprint density at radius 2 is 2.05 bits per heavy atom. The lowest BCUT2D eigenvalue weighted by Crippen LogP contribution is -3.11. The average molecular weight is 265 g/mol. The molecule has 1 N–H and O–H groups in total. The van der Waals surface area contributed by atoms with Crippen LogP contribution in [0.3, 0.4) is 0 Å². The van der Waals surface area contributed by atoms with Gasteiger partial charge >= 0.3 is 0 Å². The van der Waals surface area contributed by atoms with Crippen LogP contribution in [0, 0.1) is 0 Å². The molecule has 5 nitrogen and oxygen atoms in total. The Balaban J connectivity index is 2.83. The van der Waals surface area contributed by atoms with E-state index in [0.29, 0.717) is 24.6 Å². The van der Waals surface area contributed by atoms with Crippen molar-refractivity contribution in [1.29, 1.82) is 0 Å². The predicted molar refractivity (Wildman–Crippen MR) is 69.2 cm³/mol. The van der Waals surface area contributed by atoms with Crippen molar-refractivity contribution >= 4 is 5.97 Å². The van der Waals surface area contributed by atoms with E-state index in [2.05, 4.69) is 6.58 Å². The first kappa shape index (κ1) is 15.0. The smallest absolute Gasteiger partial charge is 0.161 e.